The van der Waals surface area contributed by atoms with Crippen LogP contribution >= 0.6 is 0 Å². The summed E-state index contributed by atoms with van der Waals surface area (Å²) in [6, 6.07) is 5.26. The molecule has 1 aromatic heterocycles. The highest BCUT2D eigenvalue weighted by molar-refractivity contribution is 7.89. The molecule has 1 heterocycles. The quantitative estimate of drug-likeness (QED) is 0.531. The van der Waals surface area contributed by atoms with Gasteiger partial charge in [-0.15, -0.1) is 0 Å². The predicted octanol–water partition coefficient (Wildman–Crippen LogP) is 1.52. The zero-order valence-electron chi connectivity index (χ0n) is 15.9. The van der Waals surface area contributed by atoms with E-state index in [1.165, 1.54) is 31.2 Å². The number of benzene rings is 1. The van der Waals surface area contributed by atoms with Gasteiger partial charge in [-0.2, -0.15) is 0 Å². The highest BCUT2D eigenvalue weighted by atomic mass is 32.2. The summed E-state index contributed by atoms with van der Waals surface area (Å²) < 4.78 is 27.7. The number of aliphatic hydroxyl groups is 1. The molecule has 9 nitrogen and oxygen atoms in total. The van der Waals surface area contributed by atoms with Crippen LogP contribution in [0.4, 0.5) is 5.69 Å². The number of H-pyrrole nitrogens is 1. The number of aliphatic hydroxyl groups excluding tert-OH is 1. The average Bonchev–Trinajstić information content (AvgIpc) is 2.89. The lowest BCUT2D eigenvalue weighted by Gasteiger charge is -2.14. The van der Waals surface area contributed by atoms with Crippen LogP contribution in [-0.4, -0.2) is 36.5 Å². The lowest BCUT2D eigenvalue weighted by atomic mass is 10.1. The Morgan fingerprint density at radius 3 is 2.21 bits per heavy atom. The zero-order chi connectivity index (χ0) is 21.2. The Kier molecular flexibility index (Phi) is 6.27. The fraction of sp³-hybridized carbons (Fsp3) is 0.333. The van der Waals surface area contributed by atoms with Crippen molar-refractivity contribution in [3.05, 3.63) is 46.8 Å². The van der Waals surface area contributed by atoms with Crippen LogP contribution in [0.15, 0.2) is 29.2 Å². The number of hydrogen-bond donors (Lipinski definition) is 4. The summed E-state index contributed by atoms with van der Waals surface area (Å²) in [6.07, 6.45) is -1.86. The molecule has 1 amide bonds. The van der Waals surface area contributed by atoms with Crippen LogP contribution in [0.25, 0.3) is 0 Å². The lowest BCUT2D eigenvalue weighted by molar-refractivity contribution is -0.123. The predicted molar refractivity (Wildman–Crippen MR) is 102 cm³/mol. The van der Waals surface area contributed by atoms with Gasteiger partial charge in [0, 0.05) is 16.9 Å². The molecule has 0 aliphatic rings. The van der Waals surface area contributed by atoms with Crippen molar-refractivity contribution in [2.24, 2.45) is 5.14 Å². The molecule has 0 aliphatic heterocycles. The normalized spacial score (nSPS) is 13.6. The molecule has 0 fully saturated rings. The standard InChI is InChI=1S/C18H23N3O6S/c1-9-15(11(3)22)10(2)20-16(9)18(24)27-12(4)17(23)21-13-5-7-14(8-6-13)28(19,25)26/h5-8,11-12,20,22H,1-4H3,(H,21,23)(H2,19,25,26)/t11-,12+/m1/s1. The highest BCUT2D eigenvalue weighted by Crippen LogP contribution is 2.25. The smallest absolute Gasteiger partial charge is 0.355 e. The molecule has 0 bridgehead atoms. The number of amides is 1. The van der Waals surface area contributed by atoms with Crippen LogP contribution in [0.2, 0.25) is 0 Å². The van der Waals surface area contributed by atoms with Crippen molar-refractivity contribution in [2.45, 2.75) is 44.8 Å². The minimum Gasteiger partial charge on any atom is -0.448 e. The molecule has 2 atom stereocenters. The van der Waals surface area contributed by atoms with Crippen LogP contribution in [0, 0.1) is 13.8 Å². The number of hydrogen-bond acceptors (Lipinski definition) is 6. The van der Waals surface area contributed by atoms with Crippen LogP contribution in [-0.2, 0) is 19.6 Å². The van der Waals surface area contributed by atoms with Crippen molar-refractivity contribution in [3.63, 3.8) is 0 Å². The maximum absolute atomic E-state index is 12.4. The van der Waals surface area contributed by atoms with Crippen LogP contribution in [0.5, 0.6) is 0 Å². The molecule has 0 radical (unpaired) electrons. The Balaban J connectivity index is 2.06. The van der Waals surface area contributed by atoms with E-state index in [2.05, 4.69) is 10.3 Å². The van der Waals surface area contributed by atoms with Crippen molar-refractivity contribution >= 4 is 27.6 Å². The number of carbonyl (C=O) groups excluding carboxylic acids is 2. The number of primary sulfonamides is 1. The molecule has 0 saturated heterocycles. The van der Waals surface area contributed by atoms with Gasteiger partial charge in [0.2, 0.25) is 10.0 Å². The van der Waals surface area contributed by atoms with Crippen LogP contribution < -0.4 is 10.5 Å². The Labute approximate surface area is 162 Å². The van der Waals surface area contributed by atoms with E-state index < -0.39 is 34.1 Å². The van der Waals surface area contributed by atoms with Crippen LogP contribution in [0.3, 0.4) is 0 Å². The summed E-state index contributed by atoms with van der Waals surface area (Å²) in [7, 11) is -3.83. The van der Waals surface area contributed by atoms with Crippen molar-refractivity contribution in [1.82, 2.24) is 4.98 Å². The summed E-state index contributed by atoms with van der Waals surface area (Å²) in [4.78, 5) is 27.4. The molecular formula is C18H23N3O6S. The Morgan fingerprint density at radius 2 is 1.75 bits per heavy atom. The van der Waals surface area contributed by atoms with Gasteiger partial charge in [-0.05, 0) is 57.5 Å². The number of nitrogens with one attached hydrogen (secondary N) is 2. The van der Waals surface area contributed by atoms with Gasteiger partial charge in [-0.25, -0.2) is 18.4 Å². The van der Waals surface area contributed by atoms with E-state index in [-0.39, 0.29) is 10.6 Å². The highest BCUT2D eigenvalue weighted by Gasteiger charge is 2.24. The fourth-order valence-electron chi connectivity index (χ4n) is 2.84. The Hall–Kier alpha value is -2.69. The second-order valence-corrected chi connectivity index (χ2v) is 8.01. The number of nitrogens with two attached hydrogens (primary N) is 1. The number of aryl methyl sites for hydroxylation is 1. The molecule has 2 rings (SSSR count). The van der Waals surface area contributed by atoms with E-state index in [1.54, 1.807) is 20.8 Å². The van der Waals surface area contributed by atoms with Gasteiger partial charge >= 0.3 is 5.97 Å². The van der Waals surface area contributed by atoms with Crippen molar-refractivity contribution < 1.29 is 27.9 Å². The number of ether oxygens (including phenoxy) is 1. The first-order chi connectivity index (χ1) is 12.9. The first-order valence-corrected chi connectivity index (χ1v) is 9.98. The molecule has 5 N–H and O–H groups in total. The van der Waals surface area contributed by atoms with E-state index in [0.29, 0.717) is 22.5 Å². The van der Waals surface area contributed by atoms with Gasteiger partial charge in [0.15, 0.2) is 6.10 Å². The molecule has 152 valence electrons. The molecule has 1 aromatic carbocycles. The first-order valence-electron chi connectivity index (χ1n) is 8.43. The molecular weight excluding hydrogens is 386 g/mol. The third kappa shape index (κ3) is 4.77. The second-order valence-electron chi connectivity index (χ2n) is 6.45. The van der Waals surface area contributed by atoms with Crippen molar-refractivity contribution in [3.8, 4) is 0 Å². The van der Waals surface area contributed by atoms with Crippen molar-refractivity contribution in [2.75, 3.05) is 5.32 Å². The maximum atomic E-state index is 12.4. The van der Waals surface area contributed by atoms with E-state index in [4.69, 9.17) is 9.88 Å². The summed E-state index contributed by atoms with van der Waals surface area (Å²) >= 11 is 0. The summed E-state index contributed by atoms with van der Waals surface area (Å²) in [5, 5.41) is 17.3. The van der Waals surface area contributed by atoms with Crippen LogP contribution in [0.1, 0.15) is 47.3 Å². The molecule has 0 saturated carbocycles. The third-order valence-corrected chi connectivity index (χ3v) is 5.15. The molecule has 0 spiro atoms. The summed E-state index contributed by atoms with van der Waals surface area (Å²) in [6.45, 7) is 6.41. The van der Waals surface area contributed by atoms with Gasteiger partial charge in [0.25, 0.3) is 5.91 Å². The average molecular weight is 409 g/mol. The van der Waals surface area contributed by atoms with E-state index in [1.807, 2.05) is 0 Å². The molecule has 28 heavy (non-hydrogen) atoms. The lowest BCUT2D eigenvalue weighted by Crippen LogP contribution is -2.30. The molecule has 0 unspecified atom stereocenters. The van der Waals surface area contributed by atoms with Crippen molar-refractivity contribution in [1.29, 1.82) is 0 Å². The number of anilines is 1. The largest absolute Gasteiger partial charge is 0.448 e. The monoisotopic (exact) mass is 409 g/mol. The van der Waals surface area contributed by atoms with Gasteiger partial charge in [-0.1, -0.05) is 0 Å². The van der Waals surface area contributed by atoms with E-state index in [9.17, 15) is 23.1 Å². The molecule has 10 heteroatoms. The van der Waals surface area contributed by atoms with E-state index >= 15 is 0 Å². The Morgan fingerprint density at radius 1 is 1.18 bits per heavy atom. The minimum absolute atomic E-state index is 0.0866. The number of carbonyl (C=O) groups is 2. The molecule has 2 aromatic rings. The number of sulfonamides is 1. The first kappa shape index (κ1) is 21.6. The fourth-order valence-corrected chi connectivity index (χ4v) is 3.36. The topological polar surface area (TPSA) is 152 Å². The third-order valence-electron chi connectivity index (χ3n) is 4.22. The number of aromatic nitrogens is 1. The van der Waals surface area contributed by atoms with Gasteiger partial charge < -0.3 is 20.1 Å². The number of rotatable bonds is 6. The van der Waals surface area contributed by atoms with Gasteiger partial charge in [0.05, 0.1) is 11.0 Å². The van der Waals surface area contributed by atoms with Gasteiger partial charge in [0.1, 0.15) is 5.69 Å². The van der Waals surface area contributed by atoms with Gasteiger partial charge in [-0.3, -0.25) is 4.79 Å². The minimum atomic E-state index is -3.83. The molecule has 0 aliphatic carbocycles. The number of esters is 1. The second kappa shape index (κ2) is 8.13. The Bertz CT molecular complexity index is 993. The SMILES string of the molecule is Cc1[nH]c(C(=O)O[C@@H](C)C(=O)Nc2ccc(S(N)(=O)=O)cc2)c(C)c1[C@@H](C)O. The number of aromatic amines is 1. The zero-order valence-corrected chi connectivity index (χ0v) is 16.8. The summed E-state index contributed by atoms with van der Waals surface area (Å²) in [5.74, 6) is -1.31. The van der Waals surface area contributed by atoms with E-state index in [0.717, 1.165) is 0 Å². The summed E-state index contributed by atoms with van der Waals surface area (Å²) in [5.41, 5.74) is 2.31. The maximum Gasteiger partial charge on any atom is 0.355 e.